The largest absolute Gasteiger partial charge is 0.457 e. The molecule has 0 aliphatic heterocycles. The number of anilines is 2. The fourth-order valence-electron chi connectivity index (χ4n) is 3.49. The van der Waals surface area contributed by atoms with Crippen LogP contribution in [0.15, 0.2) is 66.7 Å². The Labute approximate surface area is 209 Å². The first-order valence-electron chi connectivity index (χ1n) is 11.1. The molecular weight excluding hydrogens is 505 g/mol. The predicted octanol–water partition coefficient (Wildman–Crippen LogP) is 6.89. The first-order chi connectivity index (χ1) is 17.3. The number of nitrogens with zero attached hydrogens (tertiary/aromatic N) is 2. The summed E-state index contributed by atoms with van der Waals surface area (Å²) in [5, 5.41) is 9.70. The second-order valence-corrected chi connectivity index (χ2v) is 8.52. The topological polar surface area (TPSA) is 35.9 Å². The maximum atomic E-state index is 14.6. The van der Waals surface area contributed by atoms with Crippen molar-refractivity contribution in [3.63, 3.8) is 0 Å². The van der Waals surface area contributed by atoms with Gasteiger partial charge >= 0.3 is 6.18 Å². The minimum absolute atomic E-state index is 0.170. The monoisotopic (exact) mass is 530 g/mol. The number of rotatable bonds is 10. The minimum atomic E-state index is -4.94. The van der Waals surface area contributed by atoms with Crippen LogP contribution in [0.25, 0.3) is 0 Å². The summed E-state index contributed by atoms with van der Waals surface area (Å²) in [5.41, 5.74) is 0.256. The van der Waals surface area contributed by atoms with E-state index in [0.717, 1.165) is 22.7 Å². The number of hydrogen-bond acceptors (Lipinski definition) is 4. The van der Waals surface area contributed by atoms with Gasteiger partial charge in [-0.2, -0.15) is 13.2 Å². The van der Waals surface area contributed by atoms with Gasteiger partial charge < -0.3 is 19.6 Å². The molecule has 1 N–H and O–H groups in total. The summed E-state index contributed by atoms with van der Waals surface area (Å²) in [6.45, 7) is -1.42. The van der Waals surface area contributed by atoms with E-state index in [9.17, 15) is 35.8 Å². The van der Waals surface area contributed by atoms with Crippen LogP contribution in [-0.2, 0) is 6.54 Å². The van der Waals surface area contributed by atoms with Gasteiger partial charge in [0.05, 0.1) is 6.54 Å². The molecule has 3 rings (SSSR count). The fourth-order valence-corrected chi connectivity index (χ4v) is 3.49. The Kier molecular flexibility index (Phi) is 8.90. The lowest BCUT2D eigenvalue weighted by Gasteiger charge is -2.29. The van der Waals surface area contributed by atoms with E-state index in [1.807, 2.05) is 25.1 Å². The summed E-state index contributed by atoms with van der Waals surface area (Å²) in [5.74, 6) is -0.334. The van der Waals surface area contributed by atoms with Crippen LogP contribution in [0.1, 0.15) is 17.3 Å². The van der Waals surface area contributed by atoms with Gasteiger partial charge in [0.25, 0.3) is 6.43 Å². The molecule has 0 aliphatic carbocycles. The number of alkyl halides is 6. The summed E-state index contributed by atoms with van der Waals surface area (Å²) in [4.78, 5) is 2.93. The molecule has 0 spiro atoms. The molecule has 3 aromatic carbocycles. The van der Waals surface area contributed by atoms with E-state index in [4.69, 9.17) is 4.74 Å². The minimum Gasteiger partial charge on any atom is -0.457 e. The first kappa shape index (κ1) is 28.1. The average molecular weight is 530 g/mol. The Hall–Kier alpha value is -3.47. The smallest absolute Gasteiger partial charge is 0.416 e. The molecule has 0 saturated heterocycles. The van der Waals surface area contributed by atoms with Crippen molar-refractivity contribution < 1.29 is 40.6 Å². The molecule has 0 saturated carbocycles. The van der Waals surface area contributed by atoms with Crippen molar-refractivity contribution in [1.29, 1.82) is 0 Å². The van der Waals surface area contributed by atoms with Crippen LogP contribution in [-0.4, -0.2) is 44.5 Å². The number of hydrogen-bond donors (Lipinski definition) is 1. The Morgan fingerprint density at radius 3 is 2.00 bits per heavy atom. The van der Waals surface area contributed by atoms with E-state index in [0.29, 0.717) is 11.8 Å². The van der Waals surface area contributed by atoms with E-state index in [-0.39, 0.29) is 17.0 Å². The second kappa shape index (κ2) is 11.7. The van der Waals surface area contributed by atoms with Gasteiger partial charge in [-0.3, -0.25) is 0 Å². The Balaban J connectivity index is 1.91. The van der Waals surface area contributed by atoms with Gasteiger partial charge in [0.2, 0.25) is 0 Å². The molecule has 11 heteroatoms. The molecule has 0 heterocycles. The molecular formula is C26H25F7N2O2. The molecule has 0 aromatic heterocycles. The lowest BCUT2D eigenvalue weighted by molar-refractivity contribution is -0.200. The van der Waals surface area contributed by atoms with E-state index in [1.54, 1.807) is 24.3 Å². The van der Waals surface area contributed by atoms with Gasteiger partial charge in [-0.25, -0.2) is 17.6 Å². The third-order valence-corrected chi connectivity index (χ3v) is 5.50. The lowest BCUT2D eigenvalue weighted by Crippen LogP contribution is -2.41. The van der Waals surface area contributed by atoms with Gasteiger partial charge in [0.15, 0.2) is 12.3 Å². The molecule has 3 aromatic rings. The van der Waals surface area contributed by atoms with E-state index >= 15 is 0 Å². The normalized spacial score (nSPS) is 13.4. The summed E-state index contributed by atoms with van der Waals surface area (Å²) in [6.07, 6.45) is -13.8. The number of halogens is 7. The maximum absolute atomic E-state index is 14.6. The quantitative estimate of drug-likeness (QED) is 0.290. The molecule has 37 heavy (non-hydrogen) atoms. The predicted molar refractivity (Wildman–Crippen MR) is 127 cm³/mol. The Morgan fingerprint density at radius 2 is 1.46 bits per heavy atom. The number of ether oxygens (including phenoxy) is 1. The van der Waals surface area contributed by atoms with Crippen LogP contribution in [0.2, 0.25) is 0 Å². The average Bonchev–Trinajstić information content (AvgIpc) is 2.83. The number of aliphatic hydroxyl groups excluding tert-OH is 1. The lowest BCUT2D eigenvalue weighted by atomic mass is 10.1. The van der Waals surface area contributed by atoms with Crippen molar-refractivity contribution in [3.05, 3.63) is 83.7 Å². The van der Waals surface area contributed by atoms with Gasteiger partial charge in [-0.15, -0.1) is 0 Å². The summed E-state index contributed by atoms with van der Waals surface area (Å²) in [6, 6.07) is 15.6. The third-order valence-electron chi connectivity index (χ3n) is 5.50. The van der Waals surface area contributed by atoms with Gasteiger partial charge in [-0.1, -0.05) is 24.3 Å². The summed E-state index contributed by atoms with van der Waals surface area (Å²) >= 11 is 0. The molecule has 0 aliphatic rings. The number of aliphatic hydroxyl groups is 1. The van der Waals surface area contributed by atoms with E-state index in [2.05, 4.69) is 0 Å². The zero-order valence-corrected chi connectivity index (χ0v) is 19.9. The van der Waals surface area contributed by atoms with Crippen LogP contribution in [0.4, 0.5) is 42.1 Å². The van der Waals surface area contributed by atoms with Crippen LogP contribution in [0.5, 0.6) is 11.5 Å². The van der Waals surface area contributed by atoms with Crippen molar-refractivity contribution >= 4 is 11.4 Å². The highest BCUT2D eigenvalue weighted by molar-refractivity contribution is 5.54. The Morgan fingerprint density at radius 1 is 0.865 bits per heavy atom. The standard InChI is InChI=1S/C26H25F7N2O2/c1-34(2)18-5-3-7-20(12-18)37-21-8-4-6-19(13-21)35(15-23(36)26(31,32)33)14-17-10-9-16(11-22(17)27)24(28)25(29)30/h3-13,23-25,36H,14-15H2,1-2H3. The van der Waals surface area contributed by atoms with Crippen molar-refractivity contribution in [2.75, 3.05) is 30.4 Å². The molecule has 0 amide bonds. The highest BCUT2D eigenvalue weighted by Crippen LogP contribution is 2.32. The van der Waals surface area contributed by atoms with Crippen LogP contribution >= 0.6 is 0 Å². The van der Waals surface area contributed by atoms with Gasteiger partial charge in [0, 0.05) is 49.7 Å². The van der Waals surface area contributed by atoms with E-state index < -0.39 is 49.3 Å². The zero-order valence-electron chi connectivity index (χ0n) is 19.9. The molecule has 0 radical (unpaired) electrons. The molecule has 0 bridgehead atoms. The van der Waals surface area contributed by atoms with Gasteiger partial charge in [0.1, 0.15) is 17.3 Å². The SMILES string of the molecule is CN(C)c1cccc(Oc2cccc(N(Cc3ccc(C(F)C(F)F)cc3F)CC(O)C(F)(F)F)c2)c1. The zero-order chi connectivity index (χ0) is 27.3. The van der Waals surface area contributed by atoms with Crippen LogP contribution in [0, 0.1) is 5.82 Å². The molecule has 200 valence electrons. The van der Waals surface area contributed by atoms with Crippen molar-refractivity contribution in [2.45, 2.75) is 31.4 Å². The first-order valence-corrected chi connectivity index (χ1v) is 11.1. The summed E-state index contributed by atoms with van der Waals surface area (Å²) in [7, 11) is 3.69. The van der Waals surface area contributed by atoms with Gasteiger partial charge in [-0.05, 0) is 35.9 Å². The third kappa shape index (κ3) is 7.51. The highest BCUT2D eigenvalue weighted by Gasteiger charge is 2.39. The Bertz CT molecular complexity index is 1190. The summed E-state index contributed by atoms with van der Waals surface area (Å²) < 4.78 is 98.8. The van der Waals surface area contributed by atoms with Crippen molar-refractivity contribution in [2.24, 2.45) is 0 Å². The van der Waals surface area contributed by atoms with Crippen LogP contribution in [0.3, 0.4) is 0 Å². The molecule has 2 unspecified atom stereocenters. The van der Waals surface area contributed by atoms with E-state index in [1.165, 1.54) is 18.2 Å². The maximum Gasteiger partial charge on any atom is 0.416 e. The van der Waals surface area contributed by atoms with Crippen LogP contribution < -0.4 is 14.5 Å². The highest BCUT2D eigenvalue weighted by atomic mass is 19.4. The van der Waals surface area contributed by atoms with Crippen molar-refractivity contribution in [3.8, 4) is 11.5 Å². The number of benzene rings is 3. The second-order valence-electron chi connectivity index (χ2n) is 8.52. The molecule has 4 nitrogen and oxygen atoms in total. The molecule has 2 atom stereocenters. The molecule has 0 fully saturated rings. The van der Waals surface area contributed by atoms with Crippen molar-refractivity contribution in [1.82, 2.24) is 0 Å². The fraction of sp³-hybridized carbons (Fsp3) is 0.308.